The highest BCUT2D eigenvalue weighted by atomic mass is 16.9. The van der Waals surface area contributed by atoms with Crippen LogP contribution in [0.2, 0.25) is 0 Å². The van der Waals surface area contributed by atoms with Gasteiger partial charge in [0.25, 0.3) is 5.97 Å². The van der Waals surface area contributed by atoms with Crippen LogP contribution in [0, 0.1) is 17.8 Å². The monoisotopic (exact) mass is 694 g/mol. The number of phenols is 1. The first-order chi connectivity index (χ1) is 23.8. The maximum atomic E-state index is 13.9. The van der Waals surface area contributed by atoms with Crippen molar-refractivity contribution in [2.45, 2.75) is 132 Å². The summed E-state index contributed by atoms with van der Waals surface area (Å²) in [5.41, 5.74) is -5.56. The van der Waals surface area contributed by atoms with Crippen molar-refractivity contribution >= 4 is 17.8 Å². The van der Waals surface area contributed by atoms with Gasteiger partial charge in [0.1, 0.15) is 35.8 Å². The number of ether oxygens (including phenoxy) is 5. The Bertz CT molecular complexity index is 1600. The van der Waals surface area contributed by atoms with Gasteiger partial charge in [-0.05, 0) is 55.2 Å². The molecule has 11 heteroatoms. The van der Waals surface area contributed by atoms with Crippen molar-refractivity contribution in [3.05, 3.63) is 59.7 Å². The summed E-state index contributed by atoms with van der Waals surface area (Å²) in [6.45, 7) is 11.1. The molecule has 12 atom stereocenters. The molecule has 3 bridgehead atoms. The quantitative estimate of drug-likeness (QED) is 0.0767. The first-order valence-corrected chi connectivity index (χ1v) is 18.1. The third-order valence-electron chi connectivity index (χ3n) is 12.4. The maximum Gasteiger partial charge on any atom is 0.331 e. The number of unbranched alkanes of at least 4 members (excludes halogenated alkanes) is 6. The first-order valence-electron chi connectivity index (χ1n) is 18.1. The number of esters is 1. The molecule has 1 aromatic carbocycles. The van der Waals surface area contributed by atoms with E-state index < -0.39 is 88.9 Å². The normalized spacial score (nSPS) is 43.6. The second kappa shape index (κ2) is 12.4. The van der Waals surface area contributed by atoms with Gasteiger partial charge in [-0.25, -0.2) is 4.79 Å². The van der Waals surface area contributed by atoms with Crippen LogP contribution in [0.1, 0.15) is 84.6 Å². The van der Waals surface area contributed by atoms with Crippen molar-refractivity contribution in [2.75, 3.05) is 6.61 Å². The number of fused-ring (bicyclic) bond motifs is 3. The van der Waals surface area contributed by atoms with Crippen molar-refractivity contribution in [3.8, 4) is 5.75 Å². The van der Waals surface area contributed by atoms with Crippen molar-refractivity contribution < 1.29 is 53.7 Å². The molecule has 50 heavy (non-hydrogen) atoms. The van der Waals surface area contributed by atoms with Gasteiger partial charge in [-0.3, -0.25) is 4.79 Å². The number of carbonyl (C=O) groups is 2. The predicted molar refractivity (Wildman–Crippen MR) is 180 cm³/mol. The first kappa shape index (κ1) is 35.5. The highest BCUT2D eigenvalue weighted by Crippen LogP contribution is 2.73. The molecule has 7 rings (SSSR count). The standard InChI is InChI=1S/C39H50O11/c1-6-7-8-9-10-11-12-19-36-48-33-29-32-35(21-40,47-32)34(44)37(45)27(20-23(4)30(37)43)39(29,50-36)24(5)31(38(33,49-36)22(2)3)46-28(42)18-15-25-13-16-26(41)17-14-25/h13-18,20,24,27,29,31-34,40-41,44-45H,2,6-12,19,21H2,1,3-5H3/b18-15+/t24-,27-,29+,31-,32+,33-,34-,35+,36?,37-,38+,39+/m1/s1. The Hall–Kier alpha value is -2.90. The molecule has 6 aliphatic rings. The molecule has 5 fully saturated rings. The van der Waals surface area contributed by atoms with E-state index in [1.54, 1.807) is 38.1 Å². The van der Waals surface area contributed by atoms with E-state index in [-0.39, 0.29) is 11.3 Å². The number of ketones is 1. The summed E-state index contributed by atoms with van der Waals surface area (Å²) in [6.07, 6.45) is 7.47. The molecule has 3 aliphatic carbocycles. The molecule has 3 aliphatic heterocycles. The molecule has 1 unspecified atom stereocenters. The zero-order chi connectivity index (χ0) is 35.9. The van der Waals surface area contributed by atoms with Gasteiger partial charge in [0.15, 0.2) is 17.0 Å². The zero-order valence-electron chi connectivity index (χ0n) is 29.3. The number of Topliss-reactive ketones (excluding diaryl/α,β-unsaturated/α-hetero) is 1. The molecule has 272 valence electrons. The van der Waals surface area contributed by atoms with Crippen LogP contribution in [-0.4, -0.2) is 91.6 Å². The number of rotatable bonds is 13. The van der Waals surface area contributed by atoms with Gasteiger partial charge in [0, 0.05) is 30.3 Å². The van der Waals surface area contributed by atoms with Crippen LogP contribution in [0.15, 0.2) is 54.1 Å². The Labute approximate surface area is 292 Å². The fourth-order valence-electron chi connectivity index (χ4n) is 9.95. The summed E-state index contributed by atoms with van der Waals surface area (Å²) in [7, 11) is 0. The summed E-state index contributed by atoms with van der Waals surface area (Å²) >= 11 is 0. The molecular formula is C39H50O11. The third kappa shape index (κ3) is 4.81. The maximum absolute atomic E-state index is 13.9. The van der Waals surface area contributed by atoms with E-state index >= 15 is 0 Å². The van der Waals surface area contributed by atoms with E-state index in [1.807, 2.05) is 6.92 Å². The van der Waals surface area contributed by atoms with E-state index in [4.69, 9.17) is 23.7 Å². The number of aromatic hydroxyl groups is 1. The smallest absolute Gasteiger partial charge is 0.331 e. The van der Waals surface area contributed by atoms with Crippen molar-refractivity contribution in [1.82, 2.24) is 0 Å². The van der Waals surface area contributed by atoms with Gasteiger partial charge in [0.2, 0.25) is 0 Å². The summed E-state index contributed by atoms with van der Waals surface area (Å²) in [5.74, 6) is -5.54. The van der Waals surface area contributed by atoms with Crippen LogP contribution in [-0.2, 0) is 33.3 Å². The van der Waals surface area contributed by atoms with Crippen LogP contribution in [0.5, 0.6) is 5.75 Å². The fraction of sp³-hybridized carbons (Fsp3) is 0.641. The second-order valence-electron chi connectivity index (χ2n) is 15.4. The summed E-state index contributed by atoms with van der Waals surface area (Å²) < 4.78 is 33.5. The molecule has 0 amide bonds. The number of benzene rings is 1. The highest BCUT2D eigenvalue weighted by molar-refractivity contribution is 6.05. The van der Waals surface area contributed by atoms with Gasteiger partial charge >= 0.3 is 5.97 Å². The third-order valence-corrected chi connectivity index (χ3v) is 12.4. The molecule has 11 nitrogen and oxygen atoms in total. The van der Waals surface area contributed by atoms with Crippen LogP contribution in [0.4, 0.5) is 0 Å². The number of carbonyl (C=O) groups excluding carboxylic acids is 2. The average Bonchev–Trinajstić information content (AvgIpc) is 3.72. The second-order valence-corrected chi connectivity index (χ2v) is 15.4. The van der Waals surface area contributed by atoms with E-state index in [0.29, 0.717) is 24.0 Å². The van der Waals surface area contributed by atoms with Gasteiger partial charge < -0.3 is 44.1 Å². The molecule has 2 saturated carbocycles. The predicted octanol–water partition coefficient (Wildman–Crippen LogP) is 4.26. The Balaban J connectivity index is 1.32. The van der Waals surface area contributed by atoms with Crippen molar-refractivity contribution in [1.29, 1.82) is 0 Å². The van der Waals surface area contributed by atoms with E-state index in [2.05, 4.69) is 13.5 Å². The van der Waals surface area contributed by atoms with Crippen molar-refractivity contribution in [3.63, 3.8) is 0 Å². The zero-order valence-corrected chi connectivity index (χ0v) is 29.3. The van der Waals surface area contributed by atoms with Gasteiger partial charge in [-0.2, -0.15) is 0 Å². The number of aliphatic hydroxyl groups excluding tert-OH is 2. The number of phenolic OH excluding ortho intramolecular Hbond substituents is 1. The Kier molecular flexibility index (Phi) is 8.78. The number of aliphatic hydroxyl groups is 3. The van der Waals surface area contributed by atoms with E-state index in [9.17, 15) is 30.0 Å². The summed E-state index contributed by atoms with van der Waals surface area (Å²) in [4.78, 5) is 27.6. The lowest BCUT2D eigenvalue weighted by atomic mass is 9.53. The van der Waals surface area contributed by atoms with Crippen LogP contribution in [0.3, 0.4) is 0 Å². The summed E-state index contributed by atoms with van der Waals surface area (Å²) in [5, 5.41) is 44.7. The number of hydrogen-bond acceptors (Lipinski definition) is 11. The van der Waals surface area contributed by atoms with E-state index in [0.717, 1.165) is 25.7 Å². The SMILES string of the molecule is C=C(C)[C@@]12OC3(CCCCCCCCC)O[C@@H]1[C@@H]1[C@@H]4O[C@]4(CO)[C@@H](O)[C@]4(O)C(=O)C(C)=C[C@H]4[C@@]1(O3)[C@H](C)[C@H]2OC(=O)/C=C/c1ccc(O)cc1. The molecule has 3 saturated heterocycles. The number of epoxide rings is 1. The minimum absolute atomic E-state index is 0.0971. The molecule has 4 N–H and O–H groups in total. The van der Waals surface area contributed by atoms with Crippen molar-refractivity contribution in [2.24, 2.45) is 17.8 Å². The molecule has 3 heterocycles. The van der Waals surface area contributed by atoms with Crippen LogP contribution in [0.25, 0.3) is 6.08 Å². The number of hydrogen-bond donors (Lipinski definition) is 4. The van der Waals surface area contributed by atoms with E-state index in [1.165, 1.54) is 31.1 Å². The lowest BCUT2D eigenvalue weighted by molar-refractivity contribution is -0.431. The molecule has 0 aromatic heterocycles. The minimum Gasteiger partial charge on any atom is -0.508 e. The molecule has 1 aromatic rings. The Morgan fingerprint density at radius 2 is 1.72 bits per heavy atom. The lowest BCUT2D eigenvalue weighted by Gasteiger charge is -2.61. The van der Waals surface area contributed by atoms with Gasteiger partial charge in [-0.15, -0.1) is 0 Å². The Morgan fingerprint density at radius 1 is 1.04 bits per heavy atom. The highest BCUT2D eigenvalue weighted by Gasteiger charge is 2.90. The summed E-state index contributed by atoms with van der Waals surface area (Å²) in [6, 6.07) is 6.35. The minimum atomic E-state index is -2.40. The molecule has 0 radical (unpaired) electrons. The fourth-order valence-corrected chi connectivity index (χ4v) is 9.95. The Morgan fingerprint density at radius 3 is 2.38 bits per heavy atom. The lowest BCUT2D eigenvalue weighted by Crippen LogP contribution is -2.76. The van der Waals surface area contributed by atoms with Gasteiger partial charge in [0.05, 0.1) is 12.2 Å². The van der Waals surface area contributed by atoms with Gasteiger partial charge in [-0.1, -0.05) is 77.2 Å². The van der Waals surface area contributed by atoms with Crippen LogP contribution < -0.4 is 0 Å². The average molecular weight is 695 g/mol. The molecular weight excluding hydrogens is 644 g/mol. The topological polar surface area (TPSA) is 165 Å². The molecule has 0 spiro atoms. The van der Waals surface area contributed by atoms with Crippen LogP contribution >= 0.6 is 0 Å². The largest absolute Gasteiger partial charge is 0.508 e.